The topological polar surface area (TPSA) is 55.1 Å². The molecule has 1 amide bonds. The Bertz CT molecular complexity index is 358. The monoisotopic (exact) mass is 206 g/mol. The van der Waals surface area contributed by atoms with E-state index in [1.165, 1.54) is 0 Å². The summed E-state index contributed by atoms with van der Waals surface area (Å²) in [6, 6.07) is 7.71. The number of aryl methyl sites for hydroxylation is 1. The van der Waals surface area contributed by atoms with Gasteiger partial charge in [0.2, 0.25) is 5.91 Å². The van der Waals surface area contributed by atoms with Crippen molar-refractivity contribution < 1.29 is 4.79 Å². The van der Waals surface area contributed by atoms with E-state index in [4.69, 9.17) is 5.73 Å². The zero-order valence-corrected chi connectivity index (χ0v) is 9.50. The van der Waals surface area contributed by atoms with Crippen LogP contribution in [-0.2, 0) is 4.79 Å². The Hall–Kier alpha value is -1.35. The summed E-state index contributed by atoms with van der Waals surface area (Å²) in [5.41, 5.74) is 6.95. The predicted octanol–water partition coefficient (Wildman–Crippen LogP) is 1.92. The van der Waals surface area contributed by atoms with Crippen molar-refractivity contribution in [2.24, 2.45) is 11.1 Å². The largest absolute Gasteiger partial charge is 0.329 e. The van der Waals surface area contributed by atoms with Crippen LogP contribution in [0.3, 0.4) is 0 Å². The molecule has 0 radical (unpaired) electrons. The van der Waals surface area contributed by atoms with E-state index in [1.807, 2.05) is 45.0 Å². The highest BCUT2D eigenvalue weighted by atomic mass is 16.2. The van der Waals surface area contributed by atoms with E-state index in [-0.39, 0.29) is 5.91 Å². The fourth-order valence-corrected chi connectivity index (χ4v) is 1.12. The first-order valence-corrected chi connectivity index (χ1v) is 5.04. The minimum absolute atomic E-state index is 0.0457. The second kappa shape index (κ2) is 4.45. The maximum absolute atomic E-state index is 11.8. The van der Waals surface area contributed by atoms with E-state index >= 15 is 0 Å². The molecule has 0 spiro atoms. The molecule has 0 heterocycles. The summed E-state index contributed by atoms with van der Waals surface area (Å²) in [6.07, 6.45) is 0. The molecule has 0 saturated carbocycles. The molecule has 1 rings (SSSR count). The van der Waals surface area contributed by atoms with Crippen molar-refractivity contribution in [3.8, 4) is 0 Å². The van der Waals surface area contributed by atoms with Gasteiger partial charge >= 0.3 is 0 Å². The molecule has 0 aliphatic rings. The molecule has 0 unspecified atom stereocenters. The minimum Gasteiger partial charge on any atom is -0.329 e. The molecule has 0 aliphatic heterocycles. The molecule has 1 aromatic carbocycles. The first-order chi connectivity index (χ1) is 6.95. The quantitative estimate of drug-likeness (QED) is 0.793. The molecule has 15 heavy (non-hydrogen) atoms. The van der Waals surface area contributed by atoms with Gasteiger partial charge in [-0.3, -0.25) is 4.79 Å². The highest BCUT2D eigenvalue weighted by Crippen LogP contribution is 2.17. The van der Waals surface area contributed by atoms with Gasteiger partial charge in [-0.15, -0.1) is 0 Å². The first kappa shape index (κ1) is 11.7. The number of hydrogen-bond acceptors (Lipinski definition) is 2. The maximum atomic E-state index is 11.8. The van der Waals surface area contributed by atoms with Crippen molar-refractivity contribution in [3.63, 3.8) is 0 Å². The van der Waals surface area contributed by atoms with Crippen LogP contribution in [0.5, 0.6) is 0 Å². The lowest BCUT2D eigenvalue weighted by Crippen LogP contribution is -2.37. The van der Waals surface area contributed by atoms with Gasteiger partial charge in [0.1, 0.15) is 0 Å². The van der Waals surface area contributed by atoms with Crippen LogP contribution in [0, 0.1) is 12.3 Å². The zero-order valence-electron chi connectivity index (χ0n) is 9.50. The van der Waals surface area contributed by atoms with Crippen molar-refractivity contribution in [3.05, 3.63) is 29.8 Å². The highest BCUT2D eigenvalue weighted by Gasteiger charge is 2.25. The average molecular weight is 206 g/mol. The van der Waals surface area contributed by atoms with Crippen LogP contribution >= 0.6 is 0 Å². The molecule has 3 N–H and O–H groups in total. The Kier molecular flexibility index (Phi) is 3.48. The number of hydrogen-bond donors (Lipinski definition) is 2. The summed E-state index contributed by atoms with van der Waals surface area (Å²) in [4.78, 5) is 11.8. The summed E-state index contributed by atoms with van der Waals surface area (Å²) in [5, 5.41) is 2.86. The van der Waals surface area contributed by atoms with E-state index in [2.05, 4.69) is 5.32 Å². The zero-order chi connectivity index (χ0) is 11.5. The summed E-state index contributed by atoms with van der Waals surface area (Å²) < 4.78 is 0. The van der Waals surface area contributed by atoms with Crippen molar-refractivity contribution in [1.82, 2.24) is 0 Å². The summed E-state index contributed by atoms with van der Waals surface area (Å²) in [6.45, 7) is 5.99. The van der Waals surface area contributed by atoms with E-state index in [0.717, 1.165) is 11.3 Å². The number of nitrogens with two attached hydrogens (primary N) is 1. The number of benzene rings is 1. The van der Waals surface area contributed by atoms with Crippen molar-refractivity contribution in [1.29, 1.82) is 0 Å². The lowest BCUT2D eigenvalue weighted by Gasteiger charge is -2.21. The standard InChI is InChI=1S/C12H18N2O/c1-9-5-4-6-10(7-9)14-11(15)12(2,3)8-13/h4-7H,8,13H2,1-3H3,(H,14,15). The van der Waals surface area contributed by atoms with E-state index < -0.39 is 5.41 Å². The molecular weight excluding hydrogens is 188 g/mol. The van der Waals surface area contributed by atoms with E-state index in [9.17, 15) is 4.79 Å². The van der Waals surface area contributed by atoms with Gasteiger partial charge in [0.15, 0.2) is 0 Å². The van der Waals surface area contributed by atoms with Crippen LogP contribution < -0.4 is 11.1 Å². The fourth-order valence-electron chi connectivity index (χ4n) is 1.12. The molecule has 3 heteroatoms. The fraction of sp³-hybridized carbons (Fsp3) is 0.417. The number of rotatable bonds is 3. The van der Waals surface area contributed by atoms with Gasteiger partial charge in [0, 0.05) is 12.2 Å². The smallest absolute Gasteiger partial charge is 0.231 e. The van der Waals surface area contributed by atoms with Gasteiger partial charge in [-0.1, -0.05) is 12.1 Å². The van der Waals surface area contributed by atoms with Gasteiger partial charge in [-0.05, 0) is 38.5 Å². The van der Waals surface area contributed by atoms with Gasteiger partial charge in [0.25, 0.3) is 0 Å². The number of anilines is 1. The first-order valence-electron chi connectivity index (χ1n) is 5.04. The second-order valence-electron chi connectivity index (χ2n) is 4.41. The highest BCUT2D eigenvalue weighted by molar-refractivity contribution is 5.95. The van der Waals surface area contributed by atoms with Crippen molar-refractivity contribution >= 4 is 11.6 Å². The molecule has 1 aromatic rings. The predicted molar refractivity (Wildman–Crippen MR) is 62.6 cm³/mol. The normalized spacial score (nSPS) is 11.2. The average Bonchev–Trinajstić information content (AvgIpc) is 2.17. The van der Waals surface area contributed by atoms with Gasteiger partial charge in [0.05, 0.1) is 5.41 Å². The molecule has 82 valence electrons. The van der Waals surface area contributed by atoms with Crippen LogP contribution in [0.2, 0.25) is 0 Å². The molecule has 0 bridgehead atoms. The van der Waals surface area contributed by atoms with Crippen molar-refractivity contribution in [2.75, 3.05) is 11.9 Å². The number of carbonyl (C=O) groups excluding carboxylic acids is 1. The molecule has 0 saturated heterocycles. The number of nitrogens with one attached hydrogen (secondary N) is 1. The Morgan fingerprint density at radius 1 is 1.47 bits per heavy atom. The van der Waals surface area contributed by atoms with Crippen LogP contribution in [0.1, 0.15) is 19.4 Å². The lowest BCUT2D eigenvalue weighted by atomic mass is 9.92. The van der Waals surface area contributed by atoms with Crippen LogP contribution in [0.15, 0.2) is 24.3 Å². The molecular formula is C12H18N2O. The van der Waals surface area contributed by atoms with Crippen LogP contribution in [-0.4, -0.2) is 12.5 Å². The molecule has 0 aliphatic carbocycles. The minimum atomic E-state index is -0.524. The summed E-state index contributed by atoms with van der Waals surface area (Å²) in [5.74, 6) is -0.0457. The maximum Gasteiger partial charge on any atom is 0.231 e. The molecule has 0 fully saturated rings. The molecule has 3 nitrogen and oxygen atoms in total. The molecule has 0 aromatic heterocycles. The third kappa shape index (κ3) is 3.06. The van der Waals surface area contributed by atoms with Crippen molar-refractivity contribution in [2.45, 2.75) is 20.8 Å². The Balaban J connectivity index is 2.75. The lowest BCUT2D eigenvalue weighted by molar-refractivity contribution is -0.123. The van der Waals surface area contributed by atoms with E-state index in [0.29, 0.717) is 6.54 Å². The Labute approximate surface area is 90.7 Å². The van der Waals surface area contributed by atoms with Gasteiger partial charge in [-0.2, -0.15) is 0 Å². The summed E-state index contributed by atoms with van der Waals surface area (Å²) >= 11 is 0. The number of amides is 1. The third-order valence-corrected chi connectivity index (χ3v) is 2.40. The van der Waals surface area contributed by atoms with Crippen LogP contribution in [0.25, 0.3) is 0 Å². The Morgan fingerprint density at radius 3 is 2.67 bits per heavy atom. The Morgan fingerprint density at radius 2 is 2.13 bits per heavy atom. The SMILES string of the molecule is Cc1cccc(NC(=O)C(C)(C)CN)c1. The van der Waals surface area contributed by atoms with E-state index in [1.54, 1.807) is 0 Å². The van der Waals surface area contributed by atoms with Crippen LogP contribution in [0.4, 0.5) is 5.69 Å². The summed E-state index contributed by atoms with van der Waals surface area (Å²) in [7, 11) is 0. The third-order valence-electron chi connectivity index (χ3n) is 2.40. The van der Waals surface area contributed by atoms with Gasteiger partial charge in [-0.25, -0.2) is 0 Å². The second-order valence-corrected chi connectivity index (χ2v) is 4.41. The number of carbonyl (C=O) groups is 1. The van der Waals surface area contributed by atoms with Gasteiger partial charge < -0.3 is 11.1 Å². The molecule has 0 atom stereocenters.